The van der Waals surface area contributed by atoms with Crippen molar-refractivity contribution in [1.82, 2.24) is 5.16 Å². The molecule has 0 atom stereocenters. The molecular formula is C9H5BrF2N2O. The van der Waals surface area contributed by atoms with Gasteiger partial charge in [-0.1, -0.05) is 5.16 Å². The van der Waals surface area contributed by atoms with E-state index in [0.717, 1.165) is 6.07 Å². The molecule has 0 saturated carbocycles. The van der Waals surface area contributed by atoms with E-state index in [1.165, 1.54) is 12.1 Å². The molecular weight excluding hydrogens is 270 g/mol. The summed E-state index contributed by atoms with van der Waals surface area (Å²) in [5.74, 6) is -1.78. The fourth-order valence-electron chi connectivity index (χ4n) is 1.14. The van der Waals surface area contributed by atoms with E-state index in [2.05, 4.69) is 25.6 Å². The minimum absolute atomic E-state index is 0.00389. The summed E-state index contributed by atoms with van der Waals surface area (Å²) in [5, 5.41) is 3.60. The first-order valence-corrected chi connectivity index (χ1v) is 4.75. The summed E-state index contributed by atoms with van der Waals surface area (Å²) in [6.45, 7) is 0. The van der Waals surface area contributed by atoms with Gasteiger partial charge in [0.1, 0.15) is 5.69 Å². The van der Waals surface area contributed by atoms with Gasteiger partial charge in [0.05, 0.1) is 4.47 Å². The summed E-state index contributed by atoms with van der Waals surface area (Å²) < 4.78 is 30.6. The van der Waals surface area contributed by atoms with Crippen LogP contribution < -0.4 is 5.73 Å². The second kappa shape index (κ2) is 3.62. The third-order valence-corrected chi connectivity index (χ3v) is 2.61. The number of nitrogens with zero attached hydrogens (tertiary/aromatic N) is 1. The molecule has 6 heteroatoms. The molecule has 1 aromatic heterocycles. The van der Waals surface area contributed by atoms with Crippen molar-refractivity contribution in [3.63, 3.8) is 0 Å². The lowest BCUT2D eigenvalue weighted by Crippen LogP contribution is -1.89. The average Bonchev–Trinajstić information content (AvgIpc) is 2.61. The Hall–Kier alpha value is -1.43. The van der Waals surface area contributed by atoms with E-state index < -0.39 is 11.6 Å². The predicted octanol–water partition coefficient (Wildman–Crippen LogP) is 2.96. The molecule has 2 N–H and O–H groups in total. The third-order valence-electron chi connectivity index (χ3n) is 1.84. The molecule has 2 aromatic rings. The maximum atomic E-state index is 13.2. The maximum Gasteiger partial charge on any atom is 0.222 e. The fraction of sp³-hybridized carbons (Fsp3) is 0. The summed E-state index contributed by atoms with van der Waals surface area (Å²) in [6, 6.07) is 3.83. The molecule has 3 nitrogen and oxygen atoms in total. The number of benzene rings is 1. The molecule has 0 aliphatic carbocycles. The zero-order chi connectivity index (χ0) is 11.0. The van der Waals surface area contributed by atoms with Crippen LogP contribution in [0, 0.1) is 11.6 Å². The van der Waals surface area contributed by atoms with Crippen LogP contribution in [-0.4, -0.2) is 5.16 Å². The molecule has 0 aliphatic heterocycles. The van der Waals surface area contributed by atoms with Gasteiger partial charge in [0.15, 0.2) is 11.6 Å². The predicted molar refractivity (Wildman–Crippen MR) is 54.0 cm³/mol. The van der Waals surface area contributed by atoms with Crippen LogP contribution in [0.2, 0.25) is 0 Å². The van der Waals surface area contributed by atoms with E-state index >= 15 is 0 Å². The van der Waals surface area contributed by atoms with Gasteiger partial charge in [-0.3, -0.25) is 0 Å². The summed E-state index contributed by atoms with van der Waals surface area (Å²) in [7, 11) is 0. The van der Waals surface area contributed by atoms with Gasteiger partial charge < -0.3 is 10.3 Å². The van der Waals surface area contributed by atoms with Gasteiger partial charge in [0, 0.05) is 11.6 Å². The smallest absolute Gasteiger partial charge is 0.222 e. The number of hydrogen-bond donors (Lipinski definition) is 1. The van der Waals surface area contributed by atoms with Gasteiger partial charge in [-0.15, -0.1) is 0 Å². The Bertz CT molecular complexity index is 513. The highest BCUT2D eigenvalue weighted by Gasteiger charge is 2.14. The maximum absolute atomic E-state index is 13.2. The monoisotopic (exact) mass is 274 g/mol. The quantitative estimate of drug-likeness (QED) is 0.814. The van der Waals surface area contributed by atoms with E-state index in [0.29, 0.717) is 11.3 Å². The number of aromatic nitrogens is 1. The largest absolute Gasteiger partial charge is 0.368 e. The Morgan fingerprint density at radius 1 is 1.33 bits per heavy atom. The number of nitrogens with two attached hydrogens (primary N) is 1. The Kier molecular flexibility index (Phi) is 2.44. The van der Waals surface area contributed by atoms with Crippen molar-refractivity contribution in [2.45, 2.75) is 0 Å². The van der Waals surface area contributed by atoms with Crippen molar-refractivity contribution in [3.8, 4) is 11.3 Å². The zero-order valence-electron chi connectivity index (χ0n) is 7.30. The van der Waals surface area contributed by atoms with Crippen molar-refractivity contribution in [1.29, 1.82) is 0 Å². The van der Waals surface area contributed by atoms with Crippen LogP contribution >= 0.6 is 15.9 Å². The molecule has 0 aliphatic rings. The highest BCUT2D eigenvalue weighted by atomic mass is 79.9. The van der Waals surface area contributed by atoms with Gasteiger partial charge in [-0.2, -0.15) is 0 Å². The molecule has 0 amide bonds. The van der Waals surface area contributed by atoms with Gasteiger partial charge in [0.25, 0.3) is 0 Å². The minimum Gasteiger partial charge on any atom is -0.368 e. The van der Waals surface area contributed by atoms with Crippen LogP contribution in [-0.2, 0) is 0 Å². The molecule has 0 fully saturated rings. The first-order chi connectivity index (χ1) is 7.09. The highest BCUT2D eigenvalue weighted by molar-refractivity contribution is 9.10. The van der Waals surface area contributed by atoms with Crippen molar-refractivity contribution in [3.05, 3.63) is 34.3 Å². The van der Waals surface area contributed by atoms with Crippen LogP contribution in [0.3, 0.4) is 0 Å². The normalized spacial score (nSPS) is 10.6. The van der Waals surface area contributed by atoms with Crippen molar-refractivity contribution in [2.24, 2.45) is 0 Å². The van der Waals surface area contributed by atoms with Crippen LogP contribution in [0.25, 0.3) is 11.3 Å². The van der Waals surface area contributed by atoms with E-state index in [4.69, 9.17) is 5.73 Å². The Morgan fingerprint density at radius 2 is 2.07 bits per heavy atom. The van der Waals surface area contributed by atoms with Crippen LogP contribution in [0.4, 0.5) is 14.7 Å². The Morgan fingerprint density at radius 3 is 2.67 bits per heavy atom. The van der Waals surface area contributed by atoms with E-state index in [1.54, 1.807) is 0 Å². The highest BCUT2D eigenvalue weighted by Crippen LogP contribution is 2.31. The summed E-state index contributed by atoms with van der Waals surface area (Å²) in [5.41, 5.74) is 6.05. The molecule has 0 radical (unpaired) electrons. The second-order valence-electron chi connectivity index (χ2n) is 2.84. The average molecular weight is 275 g/mol. The molecule has 78 valence electrons. The Labute approximate surface area is 92.0 Å². The van der Waals surface area contributed by atoms with Crippen LogP contribution in [0.5, 0.6) is 0 Å². The van der Waals surface area contributed by atoms with Gasteiger partial charge in [-0.05, 0) is 28.1 Å². The first-order valence-electron chi connectivity index (χ1n) is 3.95. The van der Waals surface area contributed by atoms with Gasteiger partial charge in [0.2, 0.25) is 5.88 Å². The molecule has 0 unspecified atom stereocenters. The van der Waals surface area contributed by atoms with Crippen LogP contribution in [0.15, 0.2) is 27.2 Å². The SMILES string of the molecule is Nc1cc(-c2ccc(F)c(F)c2Br)no1. The lowest BCUT2D eigenvalue weighted by atomic mass is 10.1. The molecule has 0 bridgehead atoms. The zero-order valence-corrected chi connectivity index (χ0v) is 8.88. The summed E-state index contributed by atoms with van der Waals surface area (Å²) in [6.07, 6.45) is 0. The topological polar surface area (TPSA) is 52.0 Å². The fourth-order valence-corrected chi connectivity index (χ4v) is 1.66. The van der Waals surface area contributed by atoms with Crippen molar-refractivity contribution in [2.75, 3.05) is 5.73 Å². The first kappa shape index (κ1) is 10.1. The van der Waals surface area contributed by atoms with Crippen molar-refractivity contribution < 1.29 is 13.3 Å². The number of anilines is 1. The lowest BCUT2D eigenvalue weighted by molar-refractivity contribution is 0.439. The molecule has 0 saturated heterocycles. The van der Waals surface area contributed by atoms with E-state index in [1.807, 2.05) is 0 Å². The Balaban J connectivity index is 2.59. The number of halogens is 3. The third kappa shape index (κ3) is 1.72. The lowest BCUT2D eigenvalue weighted by Gasteiger charge is -2.01. The molecule has 0 spiro atoms. The second-order valence-corrected chi connectivity index (χ2v) is 3.63. The van der Waals surface area contributed by atoms with E-state index in [-0.39, 0.29) is 10.4 Å². The molecule has 1 aromatic carbocycles. The molecule has 15 heavy (non-hydrogen) atoms. The van der Waals surface area contributed by atoms with Gasteiger partial charge in [-0.25, -0.2) is 8.78 Å². The van der Waals surface area contributed by atoms with Crippen LogP contribution in [0.1, 0.15) is 0 Å². The van der Waals surface area contributed by atoms with Crippen molar-refractivity contribution >= 4 is 21.8 Å². The summed E-state index contributed by atoms with van der Waals surface area (Å²) in [4.78, 5) is 0. The number of rotatable bonds is 1. The standard InChI is InChI=1S/C9H5BrF2N2O/c10-8-4(1-2-5(11)9(8)12)6-3-7(13)15-14-6/h1-3H,13H2. The minimum atomic E-state index is -0.964. The van der Waals surface area contributed by atoms with E-state index in [9.17, 15) is 8.78 Å². The molecule has 2 rings (SSSR count). The molecule has 1 heterocycles. The van der Waals surface area contributed by atoms with Gasteiger partial charge >= 0.3 is 0 Å². The number of nitrogen functional groups attached to an aromatic ring is 1. The number of hydrogen-bond acceptors (Lipinski definition) is 3. The summed E-state index contributed by atoms with van der Waals surface area (Å²) >= 11 is 2.94.